The molecule has 29 heavy (non-hydrogen) atoms. The number of anilines is 2. The van der Waals surface area contributed by atoms with Crippen molar-refractivity contribution in [3.8, 4) is 0 Å². The maximum absolute atomic E-state index is 12.5. The molecule has 0 spiro atoms. The molecule has 2 aromatic rings. The van der Waals surface area contributed by atoms with Crippen molar-refractivity contribution in [2.75, 3.05) is 42.5 Å². The Bertz CT molecular complexity index is 788. The first-order valence-corrected chi connectivity index (χ1v) is 11.7. The summed E-state index contributed by atoms with van der Waals surface area (Å²) in [5, 5.41) is 5.20. The lowest BCUT2D eigenvalue weighted by Gasteiger charge is -2.34. The van der Waals surface area contributed by atoms with E-state index in [2.05, 4.69) is 55.6 Å². The maximum Gasteiger partial charge on any atom is 0.223 e. The highest BCUT2D eigenvalue weighted by Crippen LogP contribution is 2.26. The van der Waals surface area contributed by atoms with Gasteiger partial charge in [0.1, 0.15) is 18.0 Å². The van der Waals surface area contributed by atoms with Crippen LogP contribution in [0.4, 0.5) is 11.6 Å². The monoisotopic (exact) mass is 413 g/mol. The van der Waals surface area contributed by atoms with E-state index in [0.29, 0.717) is 0 Å². The minimum absolute atomic E-state index is 0.110. The molecular weight excluding hydrogens is 382 g/mol. The normalized spacial score (nSPS) is 20.7. The smallest absolute Gasteiger partial charge is 0.223 e. The average molecular weight is 414 g/mol. The molecule has 1 N–H and O–H groups in total. The molecule has 0 bridgehead atoms. The summed E-state index contributed by atoms with van der Waals surface area (Å²) in [4.78, 5) is 27.5. The van der Waals surface area contributed by atoms with Crippen molar-refractivity contribution in [2.45, 2.75) is 39.0 Å². The largest absolute Gasteiger partial charge is 0.356 e. The summed E-state index contributed by atoms with van der Waals surface area (Å²) in [6, 6.07) is 6.30. The van der Waals surface area contributed by atoms with Crippen molar-refractivity contribution in [1.29, 1.82) is 0 Å². The van der Waals surface area contributed by atoms with Gasteiger partial charge in [-0.1, -0.05) is 13.0 Å². The molecular formula is C22H31N5OS. The van der Waals surface area contributed by atoms with Gasteiger partial charge in [-0.15, -0.1) is 11.3 Å². The summed E-state index contributed by atoms with van der Waals surface area (Å²) in [5.74, 6) is 3.06. The molecule has 7 heteroatoms. The van der Waals surface area contributed by atoms with Gasteiger partial charge in [-0.3, -0.25) is 4.79 Å². The third kappa shape index (κ3) is 5.26. The molecule has 2 aliphatic heterocycles. The van der Waals surface area contributed by atoms with Crippen LogP contribution in [-0.4, -0.2) is 48.6 Å². The molecule has 1 unspecified atom stereocenters. The molecule has 156 valence electrons. The Labute approximate surface area is 177 Å². The third-order valence-electron chi connectivity index (χ3n) is 6.06. The number of rotatable bonds is 6. The fraction of sp³-hybridized carbons (Fsp3) is 0.591. The van der Waals surface area contributed by atoms with E-state index >= 15 is 0 Å². The zero-order valence-corrected chi connectivity index (χ0v) is 18.0. The Morgan fingerprint density at radius 3 is 2.69 bits per heavy atom. The summed E-state index contributed by atoms with van der Waals surface area (Å²) in [7, 11) is 0. The Balaban J connectivity index is 1.27. The summed E-state index contributed by atoms with van der Waals surface area (Å²) in [6.45, 7) is 6.93. The van der Waals surface area contributed by atoms with Crippen molar-refractivity contribution in [3.63, 3.8) is 0 Å². The fourth-order valence-electron chi connectivity index (χ4n) is 4.36. The lowest BCUT2D eigenvalue weighted by Crippen LogP contribution is -2.41. The van der Waals surface area contributed by atoms with Crippen LogP contribution in [0.25, 0.3) is 0 Å². The zero-order chi connectivity index (χ0) is 20.1. The Morgan fingerprint density at radius 2 is 1.97 bits per heavy atom. The van der Waals surface area contributed by atoms with E-state index in [1.165, 1.54) is 17.7 Å². The van der Waals surface area contributed by atoms with Crippen LogP contribution in [0.5, 0.6) is 0 Å². The minimum atomic E-state index is 0.110. The van der Waals surface area contributed by atoms with Gasteiger partial charge < -0.3 is 15.1 Å². The first-order chi connectivity index (χ1) is 14.2. The minimum Gasteiger partial charge on any atom is -0.356 e. The van der Waals surface area contributed by atoms with Crippen LogP contribution < -0.4 is 15.1 Å². The lowest BCUT2D eigenvalue weighted by atomic mass is 9.96. The van der Waals surface area contributed by atoms with E-state index < -0.39 is 0 Å². The first kappa shape index (κ1) is 20.1. The number of hydrogen-bond acceptors (Lipinski definition) is 6. The van der Waals surface area contributed by atoms with Crippen LogP contribution in [0.2, 0.25) is 0 Å². The number of nitrogens with zero attached hydrogens (tertiary/aromatic N) is 4. The van der Waals surface area contributed by atoms with Gasteiger partial charge in [0.2, 0.25) is 5.91 Å². The highest BCUT2D eigenvalue weighted by atomic mass is 32.1. The van der Waals surface area contributed by atoms with Crippen molar-refractivity contribution >= 4 is 28.9 Å². The topological polar surface area (TPSA) is 61.4 Å². The average Bonchev–Trinajstić information content (AvgIpc) is 3.27. The molecule has 0 radical (unpaired) electrons. The molecule has 2 fully saturated rings. The van der Waals surface area contributed by atoms with Crippen molar-refractivity contribution in [2.24, 2.45) is 11.8 Å². The van der Waals surface area contributed by atoms with Crippen molar-refractivity contribution in [3.05, 3.63) is 34.8 Å². The molecule has 0 aliphatic carbocycles. The van der Waals surface area contributed by atoms with Gasteiger partial charge in [0, 0.05) is 49.6 Å². The highest BCUT2D eigenvalue weighted by Gasteiger charge is 2.26. The number of carbonyl (C=O) groups excluding carboxylic acids is 1. The number of aromatic nitrogens is 2. The summed E-state index contributed by atoms with van der Waals surface area (Å²) < 4.78 is 0. The first-order valence-electron chi connectivity index (χ1n) is 10.8. The molecule has 1 atom stereocenters. The third-order valence-corrected chi connectivity index (χ3v) is 7.00. The number of hydrogen-bond donors (Lipinski definition) is 1. The zero-order valence-electron chi connectivity index (χ0n) is 17.2. The second-order valence-corrected chi connectivity index (χ2v) is 9.34. The molecule has 4 rings (SSSR count). The molecule has 6 nitrogen and oxygen atoms in total. The van der Waals surface area contributed by atoms with Gasteiger partial charge >= 0.3 is 0 Å². The predicted molar refractivity (Wildman–Crippen MR) is 119 cm³/mol. The van der Waals surface area contributed by atoms with Gasteiger partial charge in [-0.05, 0) is 49.5 Å². The van der Waals surface area contributed by atoms with Crippen LogP contribution in [0.15, 0.2) is 29.9 Å². The van der Waals surface area contributed by atoms with E-state index in [-0.39, 0.29) is 11.8 Å². The summed E-state index contributed by atoms with van der Waals surface area (Å²) in [5.41, 5.74) is 0. The quantitative estimate of drug-likeness (QED) is 0.787. The van der Waals surface area contributed by atoms with Crippen LogP contribution in [-0.2, 0) is 11.2 Å². The van der Waals surface area contributed by atoms with Crippen LogP contribution in [0, 0.1) is 11.8 Å². The summed E-state index contributed by atoms with van der Waals surface area (Å²) >= 11 is 1.75. The van der Waals surface area contributed by atoms with Gasteiger partial charge in [-0.25, -0.2) is 9.97 Å². The predicted octanol–water partition coefficient (Wildman–Crippen LogP) is 3.35. The van der Waals surface area contributed by atoms with Gasteiger partial charge in [-0.2, -0.15) is 0 Å². The van der Waals surface area contributed by atoms with Gasteiger partial charge in [0.05, 0.1) is 0 Å². The van der Waals surface area contributed by atoms with E-state index in [4.69, 9.17) is 0 Å². The number of piperidine rings is 2. The van der Waals surface area contributed by atoms with Gasteiger partial charge in [0.25, 0.3) is 0 Å². The summed E-state index contributed by atoms with van der Waals surface area (Å²) in [6.07, 6.45) is 6.90. The Kier molecular flexibility index (Phi) is 6.64. The SMILES string of the molecule is CC1CCCN(c2cc(N3CCC(C(=O)NCCc4cccs4)CC3)ncn2)C1. The van der Waals surface area contributed by atoms with E-state index in [9.17, 15) is 4.79 Å². The lowest BCUT2D eigenvalue weighted by molar-refractivity contribution is -0.125. The second-order valence-electron chi connectivity index (χ2n) is 8.31. The van der Waals surface area contributed by atoms with Crippen LogP contribution in [0.3, 0.4) is 0 Å². The van der Waals surface area contributed by atoms with E-state index in [0.717, 1.165) is 69.5 Å². The highest BCUT2D eigenvalue weighted by molar-refractivity contribution is 7.09. The second kappa shape index (κ2) is 9.57. The van der Waals surface area contributed by atoms with Crippen LogP contribution in [0.1, 0.15) is 37.5 Å². The number of amides is 1. The van der Waals surface area contributed by atoms with Crippen LogP contribution >= 0.6 is 11.3 Å². The molecule has 0 saturated carbocycles. The Hall–Kier alpha value is -2.15. The number of carbonyl (C=O) groups is 1. The standard InChI is InChI=1S/C22H31N5OS/c1-17-4-2-10-27(15-17)21-14-20(24-16-25-21)26-11-7-18(8-12-26)22(28)23-9-6-19-5-3-13-29-19/h3,5,13-14,16-18H,2,4,6-12,15H2,1H3,(H,23,28). The molecule has 4 heterocycles. The number of thiophene rings is 1. The molecule has 2 saturated heterocycles. The molecule has 2 aliphatic rings. The van der Waals surface area contributed by atoms with E-state index in [1.54, 1.807) is 17.7 Å². The van der Waals surface area contributed by atoms with Crippen molar-refractivity contribution in [1.82, 2.24) is 15.3 Å². The maximum atomic E-state index is 12.5. The van der Waals surface area contributed by atoms with Gasteiger partial charge in [0.15, 0.2) is 0 Å². The molecule has 2 aromatic heterocycles. The Morgan fingerprint density at radius 1 is 1.17 bits per heavy atom. The fourth-order valence-corrected chi connectivity index (χ4v) is 5.07. The molecule has 0 aromatic carbocycles. The molecule has 1 amide bonds. The van der Waals surface area contributed by atoms with E-state index in [1.807, 2.05) is 0 Å². The van der Waals surface area contributed by atoms with Crippen molar-refractivity contribution < 1.29 is 4.79 Å². The number of nitrogens with one attached hydrogen (secondary N) is 1.